The lowest BCUT2D eigenvalue weighted by Gasteiger charge is -2.38. The lowest BCUT2D eigenvalue weighted by Crippen LogP contribution is -2.54. The van der Waals surface area contributed by atoms with Gasteiger partial charge in [-0.15, -0.1) is 0 Å². The molecule has 184 valence electrons. The van der Waals surface area contributed by atoms with Crippen molar-refractivity contribution < 1.29 is 9.59 Å². The maximum atomic E-state index is 12.9. The minimum atomic E-state index is 0.0809. The highest BCUT2D eigenvalue weighted by Crippen LogP contribution is 2.19. The molecule has 0 aliphatic carbocycles. The Morgan fingerprint density at radius 3 is 2.17 bits per heavy atom. The zero-order valence-corrected chi connectivity index (χ0v) is 20.4. The second-order valence-electron chi connectivity index (χ2n) is 9.62. The number of piperazine rings is 2. The number of carbonyl (C=O) groups is 2. The third-order valence-corrected chi connectivity index (χ3v) is 7.36. The summed E-state index contributed by atoms with van der Waals surface area (Å²) in [5, 5.41) is 1.33. The number of aromatic amines is 1. The van der Waals surface area contributed by atoms with Crippen LogP contribution in [0.15, 0.2) is 60.8 Å². The molecule has 0 spiro atoms. The number of hydrogen-bond acceptors (Lipinski definition) is 4. The van der Waals surface area contributed by atoms with Crippen LogP contribution in [0.4, 0.5) is 0 Å². The van der Waals surface area contributed by atoms with Crippen LogP contribution in [-0.4, -0.2) is 102 Å². The molecule has 1 aromatic heterocycles. The van der Waals surface area contributed by atoms with Gasteiger partial charge >= 0.3 is 0 Å². The fourth-order valence-corrected chi connectivity index (χ4v) is 5.22. The van der Waals surface area contributed by atoms with E-state index in [1.54, 1.807) is 0 Å². The number of nitrogens with zero attached hydrogens (tertiary/aromatic N) is 4. The first-order chi connectivity index (χ1) is 17.2. The van der Waals surface area contributed by atoms with Crippen LogP contribution < -0.4 is 0 Å². The molecule has 2 aliphatic rings. The van der Waals surface area contributed by atoms with Crippen molar-refractivity contribution in [2.75, 3.05) is 65.4 Å². The van der Waals surface area contributed by atoms with E-state index in [2.05, 4.69) is 45.2 Å². The van der Waals surface area contributed by atoms with E-state index >= 15 is 0 Å². The number of carbonyl (C=O) groups excluding carboxylic acids is 2. The molecule has 1 N–H and O–H groups in total. The highest BCUT2D eigenvalue weighted by Gasteiger charge is 2.26. The maximum absolute atomic E-state index is 12.9. The average molecular weight is 474 g/mol. The number of para-hydroxylation sites is 1. The Kier molecular flexibility index (Phi) is 7.45. The molecule has 5 rings (SSSR count). The van der Waals surface area contributed by atoms with Gasteiger partial charge in [-0.05, 0) is 43.1 Å². The zero-order chi connectivity index (χ0) is 24.0. The molecule has 2 fully saturated rings. The number of aryl methyl sites for hydroxylation is 1. The summed E-state index contributed by atoms with van der Waals surface area (Å²) in [6, 6.07) is 17.9. The van der Waals surface area contributed by atoms with Gasteiger partial charge in [0.1, 0.15) is 0 Å². The van der Waals surface area contributed by atoms with Crippen molar-refractivity contribution in [2.24, 2.45) is 0 Å². The van der Waals surface area contributed by atoms with Gasteiger partial charge in [-0.25, -0.2) is 0 Å². The number of hydrogen-bond donors (Lipinski definition) is 1. The third-order valence-electron chi connectivity index (χ3n) is 7.36. The summed E-state index contributed by atoms with van der Waals surface area (Å²) in [7, 11) is 0. The van der Waals surface area contributed by atoms with E-state index in [-0.39, 0.29) is 11.8 Å². The second kappa shape index (κ2) is 11.1. The minimum absolute atomic E-state index is 0.0809. The van der Waals surface area contributed by atoms with Crippen LogP contribution >= 0.6 is 0 Å². The minimum Gasteiger partial charge on any atom is -0.361 e. The van der Waals surface area contributed by atoms with Gasteiger partial charge in [0, 0.05) is 75.0 Å². The fraction of sp³-hybridized carbons (Fsp3) is 0.429. The summed E-state index contributed by atoms with van der Waals surface area (Å²) < 4.78 is 0. The molecule has 0 bridgehead atoms. The molecule has 0 saturated carbocycles. The van der Waals surface area contributed by atoms with Crippen molar-refractivity contribution >= 4 is 22.7 Å². The number of benzene rings is 2. The van der Waals surface area contributed by atoms with Crippen molar-refractivity contribution in [3.8, 4) is 0 Å². The Morgan fingerprint density at radius 1 is 0.743 bits per heavy atom. The lowest BCUT2D eigenvalue weighted by molar-refractivity contribution is -0.134. The molecule has 35 heavy (non-hydrogen) atoms. The molecule has 2 aliphatic heterocycles. The molecule has 0 unspecified atom stereocenters. The van der Waals surface area contributed by atoms with Gasteiger partial charge < -0.3 is 14.8 Å². The predicted octanol–water partition coefficient (Wildman–Crippen LogP) is 2.70. The zero-order valence-electron chi connectivity index (χ0n) is 20.4. The average Bonchev–Trinajstić information content (AvgIpc) is 3.33. The first kappa shape index (κ1) is 23.6. The first-order valence-corrected chi connectivity index (χ1v) is 12.8. The second-order valence-corrected chi connectivity index (χ2v) is 9.62. The van der Waals surface area contributed by atoms with E-state index in [0.29, 0.717) is 19.6 Å². The number of fused-ring (bicyclic) bond motifs is 1. The monoisotopic (exact) mass is 473 g/mol. The van der Waals surface area contributed by atoms with Gasteiger partial charge in [-0.3, -0.25) is 19.4 Å². The molecule has 2 saturated heterocycles. The van der Waals surface area contributed by atoms with Gasteiger partial charge in [0.15, 0.2) is 0 Å². The SMILES string of the molecule is O=C(CN1CCN(C(=O)c2ccccc2)CC1)N1CCN(CCCc2c[nH]c3ccccc23)CC1. The van der Waals surface area contributed by atoms with Gasteiger partial charge in [0.2, 0.25) is 5.91 Å². The van der Waals surface area contributed by atoms with E-state index in [1.165, 1.54) is 16.5 Å². The summed E-state index contributed by atoms with van der Waals surface area (Å²) in [6.45, 7) is 7.86. The summed E-state index contributed by atoms with van der Waals surface area (Å²) in [6.07, 6.45) is 4.34. The quantitative estimate of drug-likeness (QED) is 0.573. The van der Waals surface area contributed by atoms with Crippen molar-refractivity contribution in [2.45, 2.75) is 12.8 Å². The van der Waals surface area contributed by atoms with E-state index in [4.69, 9.17) is 0 Å². The van der Waals surface area contributed by atoms with Crippen LogP contribution in [0.3, 0.4) is 0 Å². The molecule has 2 amide bonds. The van der Waals surface area contributed by atoms with Gasteiger partial charge in [-0.1, -0.05) is 36.4 Å². The largest absolute Gasteiger partial charge is 0.361 e. The van der Waals surface area contributed by atoms with E-state index < -0.39 is 0 Å². The van der Waals surface area contributed by atoms with Crippen molar-refractivity contribution in [3.63, 3.8) is 0 Å². The van der Waals surface area contributed by atoms with Gasteiger partial charge in [-0.2, -0.15) is 0 Å². The standard InChI is InChI=1S/C28H35N5O2/c34-27(22-31-15-19-33(20-16-31)28(35)23-7-2-1-3-8-23)32-17-13-30(14-18-32)12-6-9-24-21-29-26-11-5-4-10-25(24)26/h1-5,7-8,10-11,21,29H,6,9,12-20,22H2. The normalized spacial score (nSPS) is 17.7. The molecule has 2 aromatic carbocycles. The molecule has 7 nitrogen and oxygen atoms in total. The Bertz CT molecular complexity index is 1130. The van der Waals surface area contributed by atoms with Crippen LogP contribution in [0.25, 0.3) is 10.9 Å². The lowest BCUT2D eigenvalue weighted by atomic mass is 10.1. The number of rotatable bonds is 7. The molecule has 0 atom stereocenters. The first-order valence-electron chi connectivity index (χ1n) is 12.8. The van der Waals surface area contributed by atoms with Gasteiger partial charge in [0.25, 0.3) is 5.91 Å². The topological polar surface area (TPSA) is 62.9 Å². The predicted molar refractivity (Wildman–Crippen MR) is 138 cm³/mol. The number of amides is 2. The summed E-state index contributed by atoms with van der Waals surface area (Å²) in [5.41, 5.74) is 3.33. The molecular weight excluding hydrogens is 438 g/mol. The van der Waals surface area contributed by atoms with Crippen LogP contribution in [0.1, 0.15) is 22.3 Å². The van der Waals surface area contributed by atoms with E-state index in [0.717, 1.165) is 64.2 Å². The molecule has 7 heteroatoms. The van der Waals surface area contributed by atoms with Crippen LogP contribution in [0.5, 0.6) is 0 Å². The smallest absolute Gasteiger partial charge is 0.253 e. The molecule has 3 heterocycles. The third kappa shape index (κ3) is 5.74. The van der Waals surface area contributed by atoms with E-state index in [9.17, 15) is 9.59 Å². The number of nitrogens with one attached hydrogen (secondary N) is 1. The Hall–Kier alpha value is -3.16. The molecule has 3 aromatic rings. The van der Waals surface area contributed by atoms with Crippen molar-refractivity contribution in [1.29, 1.82) is 0 Å². The van der Waals surface area contributed by atoms with Crippen LogP contribution in [-0.2, 0) is 11.2 Å². The molecular formula is C28H35N5O2. The summed E-state index contributed by atoms with van der Waals surface area (Å²) in [5.74, 6) is 0.295. The van der Waals surface area contributed by atoms with E-state index in [1.807, 2.05) is 40.1 Å². The summed E-state index contributed by atoms with van der Waals surface area (Å²) in [4.78, 5) is 37.5. The highest BCUT2D eigenvalue weighted by molar-refractivity contribution is 5.94. The van der Waals surface area contributed by atoms with Crippen molar-refractivity contribution in [3.05, 3.63) is 71.9 Å². The Balaban J connectivity index is 1.00. The highest BCUT2D eigenvalue weighted by atomic mass is 16.2. The molecule has 0 radical (unpaired) electrons. The fourth-order valence-electron chi connectivity index (χ4n) is 5.22. The number of H-pyrrole nitrogens is 1. The van der Waals surface area contributed by atoms with Crippen molar-refractivity contribution in [1.82, 2.24) is 24.6 Å². The number of aromatic nitrogens is 1. The Labute approximate surface area is 207 Å². The van der Waals surface area contributed by atoms with Crippen LogP contribution in [0, 0.1) is 0 Å². The summed E-state index contributed by atoms with van der Waals surface area (Å²) >= 11 is 0. The Morgan fingerprint density at radius 2 is 1.40 bits per heavy atom. The van der Waals surface area contributed by atoms with Crippen LogP contribution in [0.2, 0.25) is 0 Å². The maximum Gasteiger partial charge on any atom is 0.253 e. The van der Waals surface area contributed by atoms with Gasteiger partial charge in [0.05, 0.1) is 6.54 Å².